The molecule has 35 heavy (non-hydrogen) atoms. The summed E-state index contributed by atoms with van der Waals surface area (Å²) in [6, 6.07) is 15.5. The lowest BCUT2D eigenvalue weighted by Crippen LogP contribution is -2.48. The van der Waals surface area contributed by atoms with Crippen LogP contribution in [-0.2, 0) is 22.4 Å². The normalized spacial score (nSPS) is 12.2. The number of H-pyrrole nitrogens is 2. The number of aromatic nitrogens is 2. The van der Waals surface area contributed by atoms with E-state index in [4.69, 9.17) is 11.5 Å². The molecule has 2 heterocycles. The van der Waals surface area contributed by atoms with Crippen molar-refractivity contribution in [2.75, 3.05) is 26.2 Å². The van der Waals surface area contributed by atoms with Crippen molar-refractivity contribution in [2.45, 2.75) is 31.7 Å². The fourth-order valence-electron chi connectivity index (χ4n) is 4.46. The lowest BCUT2D eigenvalue weighted by atomic mass is 10.1. The molecule has 0 fully saturated rings. The van der Waals surface area contributed by atoms with Gasteiger partial charge in [0.15, 0.2) is 0 Å². The van der Waals surface area contributed by atoms with Crippen molar-refractivity contribution in [2.24, 2.45) is 11.5 Å². The van der Waals surface area contributed by atoms with Crippen molar-refractivity contribution in [1.82, 2.24) is 20.2 Å². The van der Waals surface area contributed by atoms with Crippen LogP contribution >= 0.6 is 0 Å². The topological polar surface area (TPSA) is 133 Å². The second-order valence-corrected chi connectivity index (χ2v) is 8.87. The molecule has 4 rings (SSSR count). The predicted molar refractivity (Wildman–Crippen MR) is 140 cm³/mol. The maximum atomic E-state index is 13.1. The Morgan fingerprint density at radius 3 is 2.14 bits per heavy atom. The molecule has 0 aliphatic carbocycles. The van der Waals surface area contributed by atoms with E-state index < -0.39 is 6.04 Å². The van der Waals surface area contributed by atoms with Gasteiger partial charge in [0.25, 0.3) is 0 Å². The summed E-state index contributed by atoms with van der Waals surface area (Å²) in [6.45, 7) is 1.35. The summed E-state index contributed by atoms with van der Waals surface area (Å²) in [7, 11) is 0. The average molecular weight is 475 g/mol. The first-order valence-corrected chi connectivity index (χ1v) is 12.2. The van der Waals surface area contributed by atoms with Crippen LogP contribution in [0.15, 0.2) is 60.9 Å². The Bertz CT molecular complexity index is 1280. The van der Waals surface area contributed by atoms with Crippen LogP contribution in [0.25, 0.3) is 21.8 Å². The Morgan fingerprint density at radius 1 is 0.914 bits per heavy atom. The molecule has 8 nitrogen and oxygen atoms in total. The van der Waals surface area contributed by atoms with Gasteiger partial charge in [-0.3, -0.25) is 9.59 Å². The zero-order valence-electron chi connectivity index (χ0n) is 19.9. The van der Waals surface area contributed by atoms with Gasteiger partial charge in [-0.05, 0) is 55.5 Å². The number of nitrogens with one attached hydrogen (secondary N) is 3. The highest BCUT2D eigenvalue weighted by atomic mass is 16.2. The molecule has 7 N–H and O–H groups in total. The van der Waals surface area contributed by atoms with Crippen LogP contribution in [0.1, 0.15) is 24.0 Å². The molecule has 0 radical (unpaired) electrons. The molecule has 4 aromatic rings. The molecule has 0 aliphatic rings. The van der Waals surface area contributed by atoms with Gasteiger partial charge in [-0.25, -0.2) is 0 Å². The van der Waals surface area contributed by atoms with Crippen molar-refractivity contribution >= 4 is 33.6 Å². The number of amides is 2. The fourth-order valence-corrected chi connectivity index (χ4v) is 4.46. The highest BCUT2D eigenvalue weighted by molar-refractivity contribution is 5.88. The summed E-state index contributed by atoms with van der Waals surface area (Å²) in [6.07, 6.45) is 6.44. The summed E-state index contributed by atoms with van der Waals surface area (Å²) in [5.41, 5.74) is 16.1. The van der Waals surface area contributed by atoms with Gasteiger partial charge in [0.2, 0.25) is 11.8 Å². The van der Waals surface area contributed by atoms with Crippen molar-refractivity contribution in [3.05, 3.63) is 72.1 Å². The second-order valence-electron chi connectivity index (χ2n) is 8.87. The number of hydrogen-bond donors (Lipinski definition) is 5. The fraction of sp³-hybridized carbons (Fsp3) is 0.333. The third-order valence-corrected chi connectivity index (χ3v) is 6.40. The molecule has 0 bridgehead atoms. The molecular formula is C27H34N6O2. The van der Waals surface area contributed by atoms with E-state index in [0.29, 0.717) is 45.3 Å². The van der Waals surface area contributed by atoms with Crippen LogP contribution in [0.5, 0.6) is 0 Å². The van der Waals surface area contributed by atoms with Gasteiger partial charge in [-0.1, -0.05) is 36.4 Å². The molecule has 0 aliphatic heterocycles. The smallest absolute Gasteiger partial charge is 0.239 e. The molecular weight excluding hydrogens is 440 g/mol. The molecule has 184 valence electrons. The van der Waals surface area contributed by atoms with Gasteiger partial charge < -0.3 is 31.7 Å². The van der Waals surface area contributed by atoms with E-state index in [1.165, 1.54) is 0 Å². The summed E-state index contributed by atoms with van der Waals surface area (Å²) in [5, 5.41) is 5.24. The molecule has 2 aromatic carbocycles. The molecule has 2 aromatic heterocycles. The van der Waals surface area contributed by atoms with Gasteiger partial charge >= 0.3 is 0 Å². The van der Waals surface area contributed by atoms with Crippen molar-refractivity contribution < 1.29 is 9.59 Å². The molecule has 2 amide bonds. The number of aromatic amines is 2. The minimum absolute atomic E-state index is 0.0224. The zero-order valence-corrected chi connectivity index (χ0v) is 19.9. The number of nitrogens with two attached hydrogens (primary N) is 2. The Balaban J connectivity index is 1.37. The molecule has 1 atom stereocenters. The van der Waals surface area contributed by atoms with E-state index in [-0.39, 0.29) is 18.4 Å². The van der Waals surface area contributed by atoms with Crippen LogP contribution < -0.4 is 16.8 Å². The van der Waals surface area contributed by atoms with Gasteiger partial charge in [-0.2, -0.15) is 0 Å². The summed E-state index contributed by atoms with van der Waals surface area (Å²) in [4.78, 5) is 34.0. The SMILES string of the molecule is NCCC[C@H](N)C(=O)N(CCc1c[nH]c2ccccc12)CC(=O)NCCc1c[nH]c2ccccc12. The van der Waals surface area contributed by atoms with Crippen LogP contribution in [0.4, 0.5) is 0 Å². The van der Waals surface area contributed by atoms with Crippen LogP contribution in [0.2, 0.25) is 0 Å². The standard InChI is InChI=1S/C27H34N6O2/c28-13-5-8-23(29)27(35)33(15-12-20-17-32-25-10-4-2-7-22(20)25)18-26(34)30-14-11-19-16-31-24-9-3-1-6-21(19)24/h1-4,6-7,9-10,16-17,23,31-32H,5,8,11-15,18,28-29H2,(H,30,34)/t23-/m0/s1. The zero-order chi connectivity index (χ0) is 24.6. The number of hydrogen-bond acceptors (Lipinski definition) is 4. The Hall–Kier alpha value is -3.62. The quantitative estimate of drug-likeness (QED) is 0.216. The number of carbonyl (C=O) groups is 2. The van der Waals surface area contributed by atoms with Crippen molar-refractivity contribution in [3.63, 3.8) is 0 Å². The first-order chi connectivity index (χ1) is 17.1. The van der Waals surface area contributed by atoms with Crippen LogP contribution in [0, 0.1) is 0 Å². The minimum atomic E-state index is -0.666. The molecule has 0 saturated heterocycles. The van der Waals surface area contributed by atoms with Crippen molar-refractivity contribution in [3.8, 4) is 0 Å². The molecule has 0 spiro atoms. The highest BCUT2D eigenvalue weighted by Crippen LogP contribution is 2.19. The van der Waals surface area contributed by atoms with Crippen LogP contribution in [0.3, 0.4) is 0 Å². The third-order valence-electron chi connectivity index (χ3n) is 6.40. The largest absolute Gasteiger partial charge is 0.361 e. The Morgan fingerprint density at radius 2 is 1.51 bits per heavy atom. The number of rotatable bonds is 12. The maximum Gasteiger partial charge on any atom is 0.239 e. The first-order valence-electron chi connectivity index (χ1n) is 12.2. The average Bonchev–Trinajstić information content (AvgIpc) is 3.49. The molecule has 8 heteroatoms. The number of carbonyl (C=O) groups excluding carboxylic acids is 2. The second kappa shape index (κ2) is 11.7. The number of nitrogens with zero attached hydrogens (tertiary/aromatic N) is 1. The van der Waals surface area contributed by atoms with Gasteiger partial charge in [0.05, 0.1) is 12.6 Å². The summed E-state index contributed by atoms with van der Waals surface area (Å²) >= 11 is 0. The third kappa shape index (κ3) is 6.09. The number of benzene rings is 2. The van der Waals surface area contributed by atoms with Gasteiger partial charge in [0.1, 0.15) is 0 Å². The molecule has 0 unspecified atom stereocenters. The number of fused-ring (bicyclic) bond motifs is 2. The maximum absolute atomic E-state index is 13.1. The highest BCUT2D eigenvalue weighted by Gasteiger charge is 2.23. The minimum Gasteiger partial charge on any atom is -0.361 e. The summed E-state index contributed by atoms with van der Waals surface area (Å²) < 4.78 is 0. The lowest BCUT2D eigenvalue weighted by Gasteiger charge is -2.25. The van der Waals surface area contributed by atoms with Crippen molar-refractivity contribution in [1.29, 1.82) is 0 Å². The van der Waals surface area contributed by atoms with Gasteiger partial charge in [-0.15, -0.1) is 0 Å². The van der Waals surface area contributed by atoms with E-state index >= 15 is 0 Å². The van der Waals surface area contributed by atoms with E-state index in [1.54, 1.807) is 4.90 Å². The predicted octanol–water partition coefficient (Wildman–Crippen LogP) is 2.45. The van der Waals surface area contributed by atoms with Gasteiger partial charge in [0, 0.05) is 47.3 Å². The Labute approximate surface area is 205 Å². The van der Waals surface area contributed by atoms with E-state index in [1.807, 2.05) is 48.8 Å². The van der Waals surface area contributed by atoms with E-state index in [0.717, 1.165) is 32.9 Å². The van der Waals surface area contributed by atoms with E-state index in [9.17, 15) is 9.59 Å². The van der Waals surface area contributed by atoms with E-state index in [2.05, 4.69) is 27.4 Å². The first kappa shape index (κ1) is 24.5. The lowest BCUT2D eigenvalue weighted by molar-refractivity contribution is -0.137. The monoisotopic (exact) mass is 474 g/mol. The van der Waals surface area contributed by atoms with Crippen LogP contribution in [-0.4, -0.2) is 58.9 Å². The Kier molecular flexibility index (Phi) is 8.18. The number of para-hydroxylation sites is 2. The molecule has 0 saturated carbocycles. The summed E-state index contributed by atoms with van der Waals surface area (Å²) in [5.74, 6) is -0.409.